The molecule has 0 aliphatic heterocycles. The molecule has 0 N–H and O–H groups in total. The van der Waals surface area contributed by atoms with Gasteiger partial charge in [0.25, 0.3) is 0 Å². The molecular weight excluding hydrogens is 384 g/mol. The van der Waals surface area contributed by atoms with Gasteiger partial charge in [0, 0.05) is 20.1 Å². The van der Waals surface area contributed by atoms with Crippen LogP contribution in [-0.2, 0) is 18.4 Å². The molecule has 2 heterocycles. The van der Waals surface area contributed by atoms with E-state index in [9.17, 15) is 4.79 Å². The van der Waals surface area contributed by atoms with Crippen molar-refractivity contribution < 1.29 is 14.3 Å². The summed E-state index contributed by atoms with van der Waals surface area (Å²) in [6.07, 6.45) is 10.6. The van der Waals surface area contributed by atoms with Gasteiger partial charge in [-0.05, 0) is 51.9 Å². The summed E-state index contributed by atoms with van der Waals surface area (Å²) in [6.45, 7) is 1.97. The van der Waals surface area contributed by atoms with Crippen LogP contribution in [0.3, 0.4) is 0 Å². The fraction of sp³-hybridized carbons (Fsp3) is 0.667. The maximum atomic E-state index is 12.3. The van der Waals surface area contributed by atoms with Crippen molar-refractivity contribution in [1.29, 1.82) is 0 Å². The molecule has 0 atom stereocenters. The molecule has 30 heavy (non-hydrogen) atoms. The van der Waals surface area contributed by atoms with E-state index < -0.39 is 0 Å². The molecule has 0 saturated heterocycles. The van der Waals surface area contributed by atoms with E-state index in [-0.39, 0.29) is 24.8 Å². The third kappa shape index (κ3) is 4.39. The lowest BCUT2D eigenvalue weighted by Gasteiger charge is -2.33. The lowest BCUT2D eigenvalue weighted by Crippen LogP contribution is -2.41. The van der Waals surface area contributed by atoms with Gasteiger partial charge in [0.15, 0.2) is 0 Å². The van der Waals surface area contributed by atoms with Crippen LogP contribution in [0.15, 0.2) is 6.20 Å². The monoisotopic (exact) mass is 414 g/mol. The number of hydrogen-bond acceptors (Lipinski definition) is 7. The first-order valence-electron chi connectivity index (χ1n) is 10.8. The molecule has 9 nitrogen and oxygen atoms in total. The molecule has 2 aromatic heterocycles. The Morgan fingerprint density at radius 2 is 1.97 bits per heavy atom. The van der Waals surface area contributed by atoms with E-state index in [1.54, 1.807) is 29.9 Å². The van der Waals surface area contributed by atoms with Crippen molar-refractivity contribution in [2.24, 2.45) is 7.05 Å². The van der Waals surface area contributed by atoms with E-state index >= 15 is 0 Å². The summed E-state index contributed by atoms with van der Waals surface area (Å²) in [5.74, 6) is 0.574. The van der Waals surface area contributed by atoms with E-state index in [2.05, 4.69) is 20.3 Å². The maximum Gasteiger partial charge on any atom is 0.410 e. The van der Waals surface area contributed by atoms with E-state index in [0.29, 0.717) is 23.0 Å². The van der Waals surface area contributed by atoms with Gasteiger partial charge in [-0.1, -0.05) is 11.6 Å². The van der Waals surface area contributed by atoms with Crippen LogP contribution in [0.25, 0.3) is 11.4 Å². The molecule has 2 aliphatic carbocycles. The number of aromatic nitrogens is 5. The van der Waals surface area contributed by atoms with Crippen molar-refractivity contribution >= 4 is 6.09 Å². The second kappa shape index (κ2) is 8.97. The van der Waals surface area contributed by atoms with Crippen molar-refractivity contribution in [3.63, 3.8) is 0 Å². The van der Waals surface area contributed by atoms with Crippen LogP contribution in [0.2, 0.25) is 0 Å². The average Bonchev–Trinajstić information content (AvgIpc) is 3.07. The van der Waals surface area contributed by atoms with Crippen LogP contribution in [0.4, 0.5) is 4.79 Å². The van der Waals surface area contributed by atoms with Crippen LogP contribution < -0.4 is 4.74 Å². The zero-order chi connectivity index (χ0) is 21.1. The molecule has 0 radical (unpaired) electrons. The largest absolute Gasteiger partial charge is 0.473 e. The van der Waals surface area contributed by atoms with Gasteiger partial charge in [-0.25, -0.2) is 19.4 Å². The lowest BCUT2D eigenvalue weighted by atomic mass is 9.92. The van der Waals surface area contributed by atoms with E-state index in [4.69, 9.17) is 9.47 Å². The molecule has 0 unspecified atom stereocenters. The van der Waals surface area contributed by atoms with Gasteiger partial charge < -0.3 is 14.4 Å². The lowest BCUT2D eigenvalue weighted by molar-refractivity contribution is 0.0734. The minimum Gasteiger partial charge on any atom is -0.473 e. The molecule has 0 aromatic carbocycles. The number of nitrogens with zero attached hydrogens (tertiary/aromatic N) is 6. The Balaban J connectivity index is 1.45. The maximum absolute atomic E-state index is 12.3. The Labute approximate surface area is 176 Å². The van der Waals surface area contributed by atoms with Crippen LogP contribution in [0, 0.1) is 6.92 Å². The third-order valence-corrected chi connectivity index (χ3v) is 6.16. The highest BCUT2D eigenvalue weighted by molar-refractivity contribution is 5.68. The zero-order valence-corrected chi connectivity index (χ0v) is 18.0. The van der Waals surface area contributed by atoms with Crippen molar-refractivity contribution in [1.82, 2.24) is 29.9 Å². The van der Waals surface area contributed by atoms with Gasteiger partial charge in [-0.15, -0.1) is 5.10 Å². The number of rotatable bonds is 6. The second-order valence-corrected chi connectivity index (χ2v) is 8.28. The summed E-state index contributed by atoms with van der Waals surface area (Å²) in [4.78, 5) is 23.1. The quantitative estimate of drug-likeness (QED) is 0.715. The summed E-state index contributed by atoms with van der Waals surface area (Å²) >= 11 is 0. The van der Waals surface area contributed by atoms with Crippen LogP contribution in [0.1, 0.15) is 62.8 Å². The summed E-state index contributed by atoms with van der Waals surface area (Å²) in [5.41, 5.74) is 2.56. The number of carbonyl (C=O) groups is 1. The minimum absolute atomic E-state index is 0.0791. The Bertz CT molecular complexity index is 889. The van der Waals surface area contributed by atoms with Gasteiger partial charge in [0.1, 0.15) is 35.5 Å². The summed E-state index contributed by atoms with van der Waals surface area (Å²) in [5, 5.41) is 8.31. The predicted molar refractivity (Wildman–Crippen MR) is 110 cm³/mol. The molecule has 2 fully saturated rings. The predicted octanol–water partition coefficient (Wildman–Crippen LogP) is 3.41. The molecule has 2 aromatic rings. The highest BCUT2D eigenvalue weighted by atomic mass is 16.6. The van der Waals surface area contributed by atoms with Gasteiger partial charge in [0.05, 0.1) is 6.20 Å². The summed E-state index contributed by atoms with van der Waals surface area (Å²) in [7, 11) is 3.56. The molecule has 2 saturated carbocycles. The summed E-state index contributed by atoms with van der Waals surface area (Å²) < 4.78 is 13.2. The van der Waals surface area contributed by atoms with Gasteiger partial charge in [0.2, 0.25) is 5.88 Å². The molecule has 1 amide bonds. The standard InChI is InChI=1S/C21H30N6O3/c1-14-20(30-16-10-5-4-6-11-16)22-12-17(23-14)19-18(27(3)25-24-19)13-29-21(28)26(2)15-8-7-9-15/h12,15-16H,4-11,13H2,1-3H3. The van der Waals surface area contributed by atoms with Crippen molar-refractivity contribution in [3.8, 4) is 17.3 Å². The molecule has 0 bridgehead atoms. The fourth-order valence-electron chi connectivity index (χ4n) is 3.93. The van der Waals surface area contributed by atoms with Gasteiger partial charge in [-0.2, -0.15) is 0 Å². The Hall–Kier alpha value is -2.71. The Morgan fingerprint density at radius 3 is 2.63 bits per heavy atom. The first-order chi connectivity index (χ1) is 14.5. The first-order valence-corrected chi connectivity index (χ1v) is 10.8. The van der Waals surface area contributed by atoms with Crippen LogP contribution in [-0.4, -0.2) is 55.1 Å². The highest BCUT2D eigenvalue weighted by Gasteiger charge is 2.27. The smallest absolute Gasteiger partial charge is 0.410 e. The van der Waals surface area contributed by atoms with E-state index in [1.165, 1.54) is 19.3 Å². The zero-order valence-electron chi connectivity index (χ0n) is 18.0. The molecule has 9 heteroatoms. The molecule has 4 rings (SSSR count). The highest BCUT2D eigenvalue weighted by Crippen LogP contribution is 2.27. The molecular formula is C21H30N6O3. The number of hydrogen-bond donors (Lipinski definition) is 0. The number of amides is 1. The van der Waals surface area contributed by atoms with Crippen molar-refractivity contribution in [2.75, 3.05) is 7.05 Å². The summed E-state index contributed by atoms with van der Waals surface area (Å²) in [6, 6.07) is 0.284. The average molecular weight is 415 g/mol. The van der Waals surface area contributed by atoms with Crippen LogP contribution in [0.5, 0.6) is 5.88 Å². The van der Waals surface area contributed by atoms with E-state index in [0.717, 1.165) is 37.8 Å². The second-order valence-electron chi connectivity index (χ2n) is 8.28. The van der Waals surface area contributed by atoms with Gasteiger partial charge in [-0.3, -0.25) is 0 Å². The Morgan fingerprint density at radius 1 is 1.20 bits per heavy atom. The topological polar surface area (TPSA) is 95.3 Å². The van der Waals surface area contributed by atoms with Gasteiger partial charge >= 0.3 is 6.09 Å². The van der Waals surface area contributed by atoms with Crippen molar-refractivity contribution in [3.05, 3.63) is 17.6 Å². The van der Waals surface area contributed by atoms with E-state index in [1.807, 2.05) is 6.92 Å². The van der Waals surface area contributed by atoms with Crippen LogP contribution >= 0.6 is 0 Å². The minimum atomic E-state index is -0.328. The Kier molecular flexibility index (Phi) is 6.15. The molecule has 2 aliphatic rings. The molecule has 0 spiro atoms. The normalized spacial score (nSPS) is 17.4. The third-order valence-electron chi connectivity index (χ3n) is 6.16. The SMILES string of the molecule is Cc1nc(-c2nnn(C)c2COC(=O)N(C)C2CCC2)cnc1OC1CCCCC1. The number of aryl methyl sites for hydroxylation is 2. The molecule has 162 valence electrons. The number of carbonyl (C=O) groups excluding carboxylic acids is 1. The van der Waals surface area contributed by atoms with Crippen molar-refractivity contribution in [2.45, 2.75) is 77.0 Å². The number of ether oxygens (including phenoxy) is 2. The first kappa shape index (κ1) is 20.6. The fourth-order valence-corrected chi connectivity index (χ4v) is 3.93.